The summed E-state index contributed by atoms with van der Waals surface area (Å²) in [6.45, 7) is 0. The van der Waals surface area contributed by atoms with Gasteiger partial charge in [-0.2, -0.15) is 5.10 Å². The van der Waals surface area contributed by atoms with Crippen LogP contribution in [0.1, 0.15) is 17.5 Å². The summed E-state index contributed by atoms with van der Waals surface area (Å²) in [6.07, 6.45) is 2.57. The van der Waals surface area contributed by atoms with E-state index in [0.29, 0.717) is 24.2 Å². The molecule has 1 aromatic carbocycles. The third kappa shape index (κ3) is 2.66. The summed E-state index contributed by atoms with van der Waals surface area (Å²) in [5.74, 6) is 0.631. The first kappa shape index (κ1) is 13.0. The van der Waals surface area contributed by atoms with Crippen LogP contribution in [-0.2, 0) is 11.2 Å². The van der Waals surface area contributed by atoms with Gasteiger partial charge in [-0.15, -0.1) is 5.10 Å². The molecule has 4 N–H and O–H groups in total. The quantitative estimate of drug-likeness (QED) is 0.582. The van der Waals surface area contributed by atoms with E-state index >= 15 is 0 Å². The van der Waals surface area contributed by atoms with E-state index in [1.807, 2.05) is 6.07 Å². The zero-order chi connectivity index (χ0) is 14.8. The molecular weight excluding hydrogens is 270 g/mol. The van der Waals surface area contributed by atoms with Crippen molar-refractivity contribution in [2.24, 2.45) is 5.73 Å². The van der Waals surface area contributed by atoms with E-state index in [9.17, 15) is 4.79 Å². The number of nitrogens with two attached hydrogens (primary N) is 1. The highest BCUT2D eigenvalue weighted by atomic mass is 16.5. The third-order valence-corrected chi connectivity index (χ3v) is 3.16. The fourth-order valence-electron chi connectivity index (χ4n) is 2.13. The average molecular weight is 283 g/mol. The third-order valence-electron chi connectivity index (χ3n) is 3.16. The van der Waals surface area contributed by atoms with E-state index in [-0.39, 0.29) is 17.6 Å². The summed E-state index contributed by atoms with van der Waals surface area (Å²) >= 11 is 0. The van der Waals surface area contributed by atoms with Crippen LogP contribution >= 0.6 is 0 Å². The van der Waals surface area contributed by atoms with Crippen LogP contribution in [-0.4, -0.2) is 21.9 Å². The summed E-state index contributed by atoms with van der Waals surface area (Å²) in [5.41, 5.74) is 7.66. The monoisotopic (exact) mass is 283 g/mol. The van der Waals surface area contributed by atoms with Gasteiger partial charge in [0.1, 0.15) is 11.6 Å². The molecule has 1 aliphatic rings. The minimum Gasteiger partial charge on any atom is -0.437 e. The van der Waals surface area contributed by atoms with Gasteiger partial charge in [0.25, 0.3) is 0 Å². The predicted molar refractivity (Wildman–Crippen MR) is 76.5 cm³/mol. The van der Waals surface area contributed by atoms with E-state index in [4.69, 9.17) is 15.9 Å². The van der Waals surface area contributed by atoms with Crippen LogP contribution in [0, 0.1) is 5.41 Å². The molecule has 0 unspecified atom stereocenters. The summed E-state index contributed by atoms with van der Waals surface area (Å²) in [5, 5.41) is 17.9. The minimum absolute atomic E-state index is 0.0176. The molecule has 0 aliphatic carbocycles. The smallest absolute Gasteiger partial charge is 0.249 e. The second-order valence-corrected chi connectivity index (χ2v) is 4.63. The van der Waals surface area contributed by atoms with Gasteiger partial charge < -0.3 is 15.8 Å². The number of nitrogens with one attached hydrogen (secondary N) is 2. The maximum absolute atomic E-state index is 11.3. The number of carbonyl (C=O) groups excluding carboxylic acids is 1. The van der Waals surface area contributed by atoms with Crippen molar-refractivity contribution in [1.29, 1.82) is 5.41 Å². The highest BCUT2D eigenvalue weighted by molar-refractivity contribution is 5.97. The lowest BCUT2D eigenvalue weighted by Gasteiger charge is -2.17. The first-order valence-corrected chi connectivity index (χ1v) is 6.40. The Morgan fingerprint density at radius 1 is 1.33 bits per heavy atom. The first-order valence-electron chi connectivity index (χ1n) is 6.40. The minimum atomic E-state index is -0.134. The van der Waals surface area contributed by atoms with Gasteiger partial charge in [0.15, 0.2) is 0 Å². The largest absolute Gasteiger partial charge is 0.437 e. The molecule has 21 heavy (non-hydrogen) atoms. The van der Waals surface area contributed by atoms with Crippen LogP contribution in [0.3, 0.4) is 0 Å². The van der Waals surface area contributed by atoms with Crippen LogP contribution in [0.5, 0.6) is 11.6 Å². The van der Waals surface area contributed by atoms with Crippen molar-refractivity contribution < 1.29 is 9.53 Å². The molecule has 1 amide bonds. The number of hydrogen-bond acceptors (Lipinski definition) is 5. The van der Waals surface area contributed by atoms with Crippen LogP contribution < -0.4 is 15.8 Å². The van der Waals surface area contributed by atoms with Gasteiger partial charge >= 0.3 is 0 Å². The molecule has 1 aromatic heterocycles. The number of amides is 1. The van der Waals surface area contributed by atoms with Crippen LogP contribution in [0.2, 0.25) is 0 Å². The van der Waals surface area contributed by atoms with Gasteiger partial charge in [0, 0.05) is 12.1 Å². The molecule has 0 spiro atoms. The fraction of sp³-hybridized carbons (Fsp3) is 0.143. The molecule has 1 aliphatic heterocycles. The lowest BCUT2D eigenvalue weighted by molar-refractivity contribution is -0.116. The Hall–Kier alpha value is -2.96. The van der Waals surface area contributed by atoms with Crippen molar-refractivity contribution >= 4 is 17.4 Å². The lowest BCUT2D eigenvalue weighted by Crippen LogP contribution is -2.18. The number of amidine groups is 1. The van der Waals surface area contributed by atoms with Gasteiger partial charge in [0.05, 0.1) is 11.8 Å². The van der Waals surface area contributed by atoms with Crippen LogP contribution in [0.15, 0.2) is 30.5 Å². The van der Waals surface area contributed by atoms with Gasteiger partial charge in [-0.3, -0.25) is 10.2 Å². The predicted octanol–water partition coefficient (Wildman–Crippen LogP) is 1.44. The summed E-state index contributed by atoms with van der Waals surface area (Å²) < 4.78 is 5.66. The molecule has 2 aromatic rings. The Kier molecular flexibility index (Phi) is 3.23. The maximum Gasteiger partial charge on any atom is 0.249 e. The normalized spacial score (nSPS) is 13.2. The first-order chi connectivity index (χ1) is 10.1. The number of carbonyl (C=O) groups is 1. The number of hydrogen-bond donors (Lipinski definition) is 3. The Bertz CT molecular complexity index is 729. The van der Waals surface area contributed by atoms with Crippen molar-refractivity contribution in [1.82, 2.24) is 10.2 Å². The highest BCUT2D eigenvalue weighted by Gasteiger charge is 2.16. The van der Waals surface area contributed by atoms with Gasteiger partial charge in [-0.05, 0) is 36.2 Å². The highest BCUT2D eigenvalue weighted by Crippen LogP contribution is 2.29. The number of nitrogen functional groups attached to an aromatic ring is 1. The van der Waals surface area contributed by atoms with Gasteiger partial charge in [-0.1, -0.05) is 0 Å². The maximum atomic E-state index is 11.3. The lowest BCUT2D eigenvalue weighted by atomic mass is 10.0. The van der Waals surface area contributed by atoms with Crippen LogP contribution in [0.25, 0.3) is 0 Å². The fourth-order valence-corrected chi connectivity index (χ4v) is 2.13. The standard InChI is InChI=1S/C14H13N5O2/c15-13(16)10-5-6-17-19-14(10)21-9-2-3-11-8(7-9)1-4-12(20)18-11/h2-3,5-7H,1,4H2,(H3,15,16)(H,18,20). The Morgan fingerprint density at radius 2 is 2.19 bits per heavy atom. The molecule has 7 heteroatoms. The molecular formula is C14H13N5O2. The zero-order valence-electron chi connectivity index (χ0n) is 11.1. The van der Waals surface area contributed by atoms with Gasteiger partial charge in [-0.25, -0.2) is 0 Å². The number of nitrogens with zero attached hydrogens (tertiary/aromatic N) is 2. The van der Waals surface area contributed by atoms with Crippen molar-refractivity contribution in [2.75, 3.05) is 5.32 Å². The number of ether oxygens (including phenoxy) is 1. The number of benzene rings is 1. The molecule has 3 rings (SSSR count). The number of anilines is 1. The van der Waals surface area contributed by atoms with Crippen molar-refractivity contribution in [3.63, 3.8) is 0 Å². The molecule has 106 valence electrons. The Morgan fingerprint density at radius 3 is 3.00 bits per heavy atom. The summed E-state index contributed by atoms with van der Waals surface area (Å²) in [4.78, 5) is 11.3. The average Bonchev–Trinajstić information content (AvgIpc) is 2.48. The SMILES string of the molecule is N=C(N)c1ccnnc1Oc1ccc2c(c1)CCC(=O)N2. The second-order valence-electron chi connectivity index (χ2n) is 4.63. The molecule has 2 heterocycles. The molecule has 0 saturated heterocycles. The molecule has 0 radical (unpaired) electrons. The second kappa shape index (κ2) is 5.20. The molecule has 0 fully saturated rings. The molecule has 0 saturated carbocycles. The van der Waals surface area contributed by atoms with E-state index < -0.39 is 0 Å². The van der Waals surface area contributed by atoms with E-state index in [1.165, 1.54) is 6.20 Å². The molecule has 0 bridgehead atoms. The van der Waals surface area contributed by atoms with Crippen molar-refractivity contribution in [2.45, 2.75) is 12.8 Å². The van der Waals surface area contributed by atoms with Crippen LogP contribution in [0.4, 0.5) is 5.69 Å². The number of aromatic nitrogens is 2. The molecule has 0 atom stereocenters. The Labute approximate surface area is 120 Å². The summed E-state index contributed by atoms with van der Waals surface area (Å²) in [6, 6.07) is 6.92. The number of aryl methyl sites for hydroxylation is 1. The van der Waals surface area contributed by atoms with E-state index in [0.717, 1.165) is 11.3 Å². The number of fused-ring (bicyclic) bond motifs is 1. The van der Waals surface area contributed by atoms with Crippen molar-refractivity contribution in [3.8, 4) is 11.6 Å². The summed E-state index contributed by atoms with van der Waals surface area (Å²) in [7, 11) is 0. The van der Waals surface area contributed by atoms with Crippen molar-refractivity contribution in [3.05, 3.63) is 41.6 Å². The Balaban J connectivity index is 1.89. The molecule has 7 nitrogen and oxygen atoms in total. The number of rotatable bonds is 3. The van der Waals surface area contributed by atoms with E-state index in [2.05, 4.69) is 15.5 Å². The topological polar surface area (TPSA) is 114 Å². The zero-order valence-corrected chi connectivity index (χ0v) is 11.1. The van der Waals surface area contributed by atoms with Gasteiger partial charge in [0.2, 0.25) is 11.8 Å². The van der Waals surface area contributed by atoms with E-state index in [1.54, 1.807) is 18.2 Å².